The Morgan fingerprint density at radius 2 is 1.12 bits per heavy atom. The van der Waals surface area contributed by atoms with E-state index in [2.05, 4.69) is 54.8 Å². The summed E-state index contributed by atoms with van der Waals surface area (Å²) in [6.07, 6.45) is 32.6. The van der Waals surface area contributed by atoms with E-state index in [9.17, 15) is 24.2 Å². The normalized spacial score (nSPS) is 14.5. The molecule has 0 aromatic rings. The Labute approximate surface area is 297 Å². The fraction of sp³-hybridized carbons (Fsp3) is 0.789. The summed E-state index contributed by atoms with van der Waals surface area (Å²) in [6.45, 7) is 2.22. The van der Waals surface area contributed by atoms with E-state index in [1.165, 1.54) is 44.9 Å². The smallest absolute Gasteiger partial charge is 0.462 e. The van der Waals surface area contributed by atoms with Crippen molar-refractivity contribution in [2.75, 3.05) is 26.4 Å². The second kappa shape index (κ2) is 34.6. The first-order valence-corrected chi connectivity index (χ1v) is 20.4. The summed E-state index contributed by atoms with van der Waals surface area (Å²) in [5.41, 5.74) is 0. The van der Waals surface area contributed by atoms with Gasteiger partial charge in [-0.15, -0.1) is 0 Å². The van der Waals surface area contributed by atoms with E-state index in [4.69, 9.17) is 19.1 Å². The Balaban J connectivity index is 4.40. The lowest BCUT2D eigenvalue weighted by Crippen LogP contribution is -2.29. The number of carbonyl (C=O) groups is 2. The van der Waals surface area contributed by atoms with E-state index in [0.29, 0.717) is 12.8 Å². The van der Waals surface area contributed by atoms with Crippen LogP contribution in [-0.4, -0.2) is 65.7 Å². The molecule has 0 aromatic carbocycles. The zero-order valence-corrected chi connectivity index (χ0v) is 31.5. The first-order valence-electron chi connectivity index (χ1n) is 18.9. The van der Waals surface area contributed by atoms with Crippen LogP contribution in [0.2, 0.25) is 0 Å². The number of unbranched alkanes of at least 4 members (excludes halogenated alkanes) is 15. The van der Waals surface area contributed by atoms with Crippen molar-refractivity contribution in [1.82, 2.24) is 0 Å². The molecule has 10 nitrogen and oxygen atoms in total. The van der Waals surface area contributed by atoms with Crippen LogP contribution in [0.1, 0.15) is 155 Å². The van der Waals surface area contributed by atoms with E-state index in [0.717, 1.165) is 70.6 Å². The molecule has 0 aromatic heterocycles. The van der Waals surface area contributed by atoms with Crippen LogP contribution in [0.4, 0.5) is 0 Å². The molecular weight excluding hydrogens is 647 g/mol. The zero-order chi connectivity index (χ0) is 36.3. The second-order valence-corrected chi connectivity index (χ2v) is 14.0. The molecule has 3 N–H and O–H groups in total. The van der Waals surface area contributed by atoms with Crippen LogP contribution >= 0.6 is 7.82 Å². The average molecular weight is 717 g/mol. The van der Waals surface area contributed by atoms with Crippen molar-refractivity contribution in [2.24, 2.45) is 0 Å². The maximum Gasteiger partial charge on any atom is 0.472 e. The van der Waals surface area contributed by atoms with Crippen molar-refractivity contribution < 1.29 is 47.8 Å². The van der Waals surface area contributed by atoms with Gasteiger partial charge in [0.2, 0.25) is 0 Å². The molecule has 0 amide bonds. The molecule has 11 heteroatoms. The van der Waals surface area contributed by atoms with Gasteiger partial charge in [0.15, 0.2) is 6.10 Å². The summed E-state index contributed by atoms with van der Waals surface area (Å²) in [4.78, 5) is 34.8. The SMILES string of the molecule is CC/C=C\C/C=C\C/C=C\CCCCCCCC(=O)OC(COC(=O)CCCCCCCCCCCCC)COP(=O)(O)OCC(O)CO. The molecule has 0 aliphatic rings. The number of aliphatic hydroxyl groups is 2. The molecule has 3 atom stereocenters. The molecule has 0 radical (unpaired) electrons. The number of allylic oxidation sites excluding steroid dienone is 6. The zero-order valence-electron chi connectivity index (χ0n) is 30.7. The standard InChI is InChI=1S/C38H69O10P/c1-3-5-7-9-11-13-15-16-17-18-20-22-24-26-28-30-38(42)48-36(34-47-49(43,44)46-32-35(40)31-39)33-45-37(41)29-27-25-23-21-19-14-12-10-8-6-4-2/h5,7,11,13,16-17,35-36,39-40H,3-4,6,8-10,12,14-15,18-34H2,1-2H3,(H,43,44)/b7-5-,13-11-,17-16-. The van der Waals surface area contributed by atoms with Crippen LogP contribution in [0, 0.1) is 0 Å². The lowest BCUT2D eigenvalue weighted by molar-refractivity contribution is -0.161. The van der Waals surface area contributed by atoms with E-state index in [1.54, 1.807) is 0 Å². The van der Waals surface area contributed by atoms with E-state index in [-0.39, 0.29) is 19.4 Å². The minimum atomic E-state index is -4.61. The van der Waals surface area contributed by atoms with Crippen LogP contribution in [0.25, 0.3) is 0 Å². The maximum absolute atomic E-state index is 12.5. The van der Waals surface area contributed by atoms with Crippen LogP contribution in [0.5, 0.6) is 0 Å². The predicted molar refractivity (Wildman–Crippen MR) is 196 cm³/mol. The molecule has 0 aliphatic carbocycles. The molecule has 0 spiro atoms. The first-order chi connectivity index (χ1) is 23.7. The number of phosphoric acid groups is 1. The molecular formula is C38H69O10P. The van der Waals surface area contributed by atoms with Gasteiger partial charge < -0.3 is 24.6 Å². The lowest BCUT2D eigenvalue weighted by atomic mass is 10.1. The number of esters is 2. The van der Waals surface area contributed by atoms with Crippen molar-refractivity contribution >= 4 is 19.8 Å². The lowest BCUT2D eigenvalue weighted by Gasteiger charge is -2.20. The van der Waals surface area contributed by atoms with Gasteiger partial charge in [-0.1, -0.05) is 134 Å². The third kappa shape index (κ3) is 34.4. The Hall–Kier alpha value is -1.81. The van der Waals surface area contributed by atoms with E-state index < -0.39 is 51.8 Å². The van der Waals surface area contributed by atoms with E-state index in [1.807, 2.05) is 0 Å². The van der Waals surface area contributed by atoms with Gasteiger partial charge in [0.1, 0.15) is 12.7 Å². The first kappa shape index (κ1) is 47.2. The van der Waals surface area contributed by atoms with Crippen molar-refractivity contribution in [2.45, 2.75) is 167 Å². The van der Waals surface area contributed by atoms with Gasteiger partial charge in [0.05, 0.1) is 19.8 Å². The van der Waals surface area contributed by atoms with Crippen molar-refractivity contribution in [3.8, 4) is 0 Å². The quantitative estimate of drug-likeness (QED) is 0.0251. The number of aliphatic hydroxyl groups excluding tert-OH is 2. The number of rotatable bonds is 35. The molecule has 0 saturated carbocycles. The van der Waals surface area contributed by atoms with Gasteiger partial charge in [-0.3, -0.25) is 18.6 Å². The summed E-state index contributed by atoms with van der Waals surface area (Å²) in [6, 6.07) is 0. The second-order valence-electron chi connectivity index (χ2n) is 12.6. The highest BCUT2D eigenvalue weighted by molar-refractivity contribution is 7.47. The summed E-state index contributed by atoms with van der Waals surface area (Å²) in [5, 5.41) is 18.3. The molecule has 286 valence electrons. The number of phosphoric ester groups is 1. The predicted octanol–water partition coefficient (Wildman–Crippen LogP) is 9.22. The molecule has 0 saturated heterocycles. The van der Waals surface area contributed by atoms with Crippen LogP contribution < -0.4 is 0 Å². The fourth-order valence-electron chi connectivity index (χ4n) is 4.89. The highest BCUT2D eigenvalue weighted by atomic mass is 31.2. The Morgan fingerprint density at radius 3 is 1.69 bits per heavy atom. The van der Waals surface area contributed by atoms with Gasteiger partial charge in [0.25, 0.3) is 0 Å². The van der Waals surface area contributed by atoms with Gasteiger partial charge in [-0.05, 0) is 44.9 Å². The average Bonchev–Trinajstić information content (AvgIpc) is 3.09. The molecule has 0 heterocycles. The number of carbonyl (C=O) groups excluding carboxylic acids is 2. The van der Waals surface area contributed by atoms with Gasteiger partial charge >= 0.3 is 19.8 Å². The Kier molecular flexibility index (Phi) is 33.4. The third-order valence-corrected chi connectivity index (χ3v) is 8.76. The van der Waals surface area contributed by atoms with Crippen molar-refractivity contribution in [3.63, 3.8) is 0 Å². The largest absolute Gasteiger partial charge is 0.472 e. The van der Waals surface area contributed by atoms with Crippen molar-refractivity contribution in [3.05, 3.63) is 36.5 Å². The fourth-order valence-corrected chi connectivity index (χ4v) is 5.68. The highest BCUT2D eigenvalue weighted by Gasteiger charge is 2.27. The summed E-state index contributed by atoms with van der Waals surface area (Å²) < 4.78 is 32.5. The van der Waals surface area contributed by atoms with Gasteiger partial charge in [0, 0.05) is 12.8 Å². The summed E-state index contributed by atoms with van der Waals surface area (Å²) in [7, 11) is -4.61. The minimum Gasteiger partial charge on any atom is -0.462 e. The third-order valence-electron chi connectivity index (χ3n) is 7.81. The minimum absolute atomic E-state index is 0.166. The van der Waals surface area contributed by atoms with Crippen LogP contribution in [-0.2, 0) is 32.7 Å². The van der Waals surface area contributed by atoms with Crippen molar-refractivity contribution in [1.29, 1.82) is 0 Å². The number of hydrogen-bond donors (Lipinski definition) is 3. The molecule has 0 aliphatic heterocycles. The maximum atomic E-state index is 12.5. The molecule has 0 bridgehead atoms. The topological polar surface area (TPSA) is 149 Å². The Bertz CT molecular complexity index is 920. The monoisotopic (exact) mass is 716 g/mol. The van der Waals surface area contributed by atoms with E-state index >= 15 is 0 Å². The van der Waals surface area contributed by atoms with Crippen LogP contribution in [0.3, 0.4) is 0 Å². The number of ether oxygens (including phenoxy) is 2. The molecule has 49 heavy (non-hydrogen) atoms. The molecule has 0 rings (SSSR count). The highest BCUT2D eigenvalue weighted by Crippen LogP contribution is 2.43. The molecule has 0 fully saturated rings. The number of hydrogen-bond acceptors (Lipinski definition) is 9. The van der Waals surface area contributed by atoms with Gasteiger partial charge in [-0.2, -0.15) is 0 Å². The Morgan fingerprint density at radius 1 is 0.633 bits per heavy atom. The summed E-state index contributed by atoms with van der Waals surface area (Å²) >= 11 is 0. The van der Waals surface area contributed by atoms with Gasteiger partial charge in [-0.25, -0.2) is 4.57 Å². The summed E-state index contributed by atoms with van der Waals surface area (Å²) in [5.74, 6) is -0.946. The molecule has 3 unspecified atom stereocenters. The van der Waals surface area contributed by atoms with Crippen LogP contribution in [0.15, 0.2) is 36.5 Å².